The third-order valence-electron chi connectivity index (χ3n) is 6.06. The molecule has 0 bridgehead atoms. The van der Waals surface area contributed by atoms with Crippen molar-refractivity contribution in [3.05, 3.63) is 100 Å². The predicted octanol–water partition coefficient (Wildman–Crippen LogP) is 5.26. The van der Waals surface area contributed by atoms with Crippen LogP contribution in [0.4, 0.5) is 0 Å². The molecule has 6 nitrogen and oxygen atoms in total. The summed E-state index contributed by atoms with van der Waals surface area (Å²) < 4.78 is 28.5. The topological polar surface area (TPSA) is 96.4 Å². The van der Waals surface area contributed by atoms with E-state index in [1.807, 2.05) is 18.3 Å². The van der Waals surface area contributed by atoms with E-state index in [1.165, 1.54) is 12.1 Å². The number of carboxylic acids is 1. The monoisotopic (exact) mass is 510 g/mol. The average Bonchev–Trinajstić information content (AvgIpc) is 3.22. The Hall–Kier alpha value is -3.00. The summed E-state index contributed by atoms with van der Waals surface area (Å²) in [6.45, 7) is 0. The lowest BCUT2D eigenvalue weighted by Crippen LogP contribution is -2.35. The van der Waals surface area contributed by atoms with E-state index in [0.717, 1.165) is 40.7 Å². The molecule has 1 atom stereocenters. The molecule has 0 amide bonds. The number of nitrogens with zero attached hydrogens (tertiary/aromatic N) is 1. The number of halogens is 1. The van der Waals surface area contributed by atoms with Crippen molar-refractivity contribution in [2.24, 2.45) is 0 Å². The van der Waals surface area contributed by atoms with Crippen LogP contribution in [0.2, 0.25) is 5.02 Å². The number of hydrogen-bond donors (Lipinski definition) is 2. The maximum atomic E-state index is 12.8. The highest BCUT2D eigenvalue weighted by Gasteiger charge is 2.27. The Morgan fingerprint density at radius 3 is 2.54 bits per heavy atom. The van der Waals surface area contributed by atoms with Crippen LogP contribution in [0.1, 0.15) is 47.9 Å². The van der Waals surface area contributed by atoms with E-state index in [-0.39, 0.29) is 17.4 Å². The van der Waals surface area contributed by atoms with Gasteiger partial charge in [-0.1, -0.05) is 41.9 Å². The van der Waals surface area contributed by atoms with E-state index in [1.54, 1.807) is 18.3 Å². The van der Waals surface area contributed by atoms with Gasteiger partial charge in [-0.3, -0.25) is 9.78 Å². The van der Waals surface area contributed by atoms with Gasteiger partial charge in [0.2, 0.25) is 10.0 Å². The summed E-state index contributed by atoms with van der Waals surface area (Å²) >= 11 is 5.89. The third kappa shape index (κ3) is 6.57. The molecule has 1 unspecified atom stereocenters. The van der Waals surface area contributed by atoms with Gasteiger partial charge in [0.05, 0.1) is 4.90 Å². The molecule has 0 saturated heterocycles. The maximum Gasteiger partial charge on any atom is 0.303 e. The summed E-state index contributed by atoms with van der Waals surface area (Å²) in [6, 6.07) is 16.1. The number of sulfonamides is 1. The number of benzene rings is 2. The number of aromatic nitrogens is 1. The second kappa shape index (κ2) is 11.2. The predicted molar refractivity (Wildman–Crippen MR) is 137 cm³/mol. The quantitative estimate of drug-likeness (QED) is 0.363. The lowest BCUT2D eigenvalue weighted by Gasteiger charge is -2.12. The van der Waals surface area contributed by atoms with Crippen LogP contribution >= 0.6 is 11.6 Å². The van der Waals surface area contributed by atoms with Gasteiger partial charge < -0.3 is 5.11 Å². The molecule has 0 spiro atoms. The fourth-order valence-corrected chi connectivity index (χ4v) is 5.72. The van der Waals surface area contributed by atoms with Crippen LogP contribution in [0.15, 0.2) is 78.0 Å². The van der Waals surface area contributed by atoms with Crippen LogP contribution in [0, 0.1) is 0 Å². The van der Waals surface area contributed by atoms with Gasteiger partial charge in [0.25, 0.3) is 0 Å². The Morgan fingerprint density at radius 2 is 1.83 bits per heavy atom. The number of aliphatic carboxylic acids is 1. The summed E-state index contributed by atoms with van der Waals surface area (Å²) in [5, 5.41) is 9.35. The number of carboxylic acid groups (broad SMARTS) is 1. The van der Waals surface area contributed by atoms with E-state index in [0.29, 0.717) is 24.3 Å². The Balaban J connectivity index is 1.51. The van der Waals surface area contributed by atoms with Gasteiger partial charge in [-0.25, -0.2) is 13.1 Å². The average molecular weight is 511 g/mol. The zero-order valence-corrected chi connectivity index (χ0v) is 20.7. The molecule has 0 fully saturated rings. The van der Waals surface area contributed by atoms with Crippen LogP contribution in [0.5, 0.6) is 0 Å². The Morgan fingerprint density at radius 1 is 1.06 bits per heavy atom. The van der Waals surface area contributed by atoms with Crippen molar-refractivity contribution < 1.29 is 18.3 Å². The van der Waals surface area contributed by atoms with Crippen molar-refractivity contribution in [3.8, 4) is 0 Å². The van der Waals surface area contributed by atoms with Crippen LogP contribution in [-0.2, 0) is 27.7 Å². The van der Waals surface area contributed by atoms with Gasteiger partial charge in [-0.2, -0.15) is 0 Å². The first kappa shape index (κ1) is 25.1. The normalized spacial score (nSPS) is 15.7. The fourth-order valence-electron chi connectivity index (χ4n) is 4.36. The summed E-state index contributed by atoms with van der Waals surface area (Å²) in [5.74, 6) is -0.777. The molecule has 1 aliphatic carbocycles. The molecule has 2 aromatic carbocycles. The fraction of sp³-hybridized carbons (Fsp3) is 0.259. The zero-order valence-electron chi connectivity index (χ0n) is 19.2. The van der Waals surface area contributed by atoms with Crippen molar-refractivity contribution in [1.29, 1.82) is 0 Å². The molecule has 1 aliphatic rings. The molecule has 4 rings (SSSR count). The number of allylic oxidation sites excluding steroid dienone is 1. The standard InChI is InChI=1S/C27H27ClN2O4S/c28-23-10-12-25(13-11-23)35(33,34)30-24-16-19-8-9-20(15-22(19)17-24)26(21-5-4-14-29-18-21)6-2-1-3-7-27(31)32/h4-6,8-15,18,24,30H,1-3,7,16-17H2,(H,31,32). The van der Waals surface area contributed by atoms with Gasteiger partial charge in [0.1, 0.15) is 0 Å². The molecule has 35 heavy (non-hydrogen) atoms. The highest BCUT2D eigenvalue weighted by molar-refractivity contribution is 7.89. The minimum atomic E-state index is -3.64. The highest BCUT2D eigenvalue weighted by Crippen LogP contribution is 2.30. The first-order valence-electron chi connectivity index (χ1n) is 11.5. The van der Waals surface area contributed by atoms with Crippen molar-refractivity contribution in [2.75, 3.05) is 0 Å². The van der Waals surface area contributed by atoms with Gasteiger partial charge in [-0.15, -0.1) is 0 Å². The Labute approximate surface area is 210 Å². The molecular formula is C27H27ClN2O4S. The van der Waals surface area contributed by atoms with Gasteiger partial charge in [0.15, 0.2) is 0 Å². The van der Waals surface area contributed by atoms with Crippen molar-refractivity contribution in [1.82, 2.24) is 9.71 Å². The molecule has 2 N–H and O–H groups in total. The number of nitrogens with one attached hydrogen (secondary N) is 1. The van der Waals surface area contributed by atoms with Gasteiger partial charge in [-0.05, 0) is 84.7 Å². The molecule has 0 saturated carbocycles. The van der Waals surface area contributed by atoms with Crippen LogP contribution in [0.25, 0.3) is 5.57 Å². The lowest BCUT2D eigenvalue weighted by atomic mass is 9.94. The maximum absolute atomic E-state index is 12.8. The van der Waals surface area contributed by atoms with Gasteiger partial charge in [0, 0.05) is 35.4 Å². The molecular weight excluding hydrogens is 484 g/mol. The van der Waals surface area contributed by atoms with Crippen molar-refractivity contribution >= 4 is 33.2 Å². The van der Waals surface area contributed by atoms with E-state index in [2.05, 4.69) is 34.0 Å². The van der Waals surface area contributed by atoms with Gasteiger partial charge >= 0.3 is 5.97 Å². The van der Waals surface area contributed by atoms with E-state index < -0.39 is 16.0 Å². The SMILES string of the molecule is O=C(O)CCCCC=C(c1cccnc1)c1ccc2c(c1)CC(NS(=O)(=O)c1ccc(Cl)cc1)C2. The lowest BCUT2D eigenvalue weighted by molar-refractivity contribution is -0.137. The van der Waals surface area contributed by atoms with Crippen molar-refractivity contribution in [2.45, 2.75) is 49.5 Å². The third-order valence-corrected chi connectivity index (χ3v) is 7.85. The summed E-state index contributed by atoms with van der Waals surface area (Å²) in [5.41, 5.74) is 5.32. The number of carbonyl (C=O) groups is 1. The molecule has 0 radical (unpaired) electrons. The minimum Gasteiger partial charge on any atom is -0.481 e. The van der Waals surface area contributed by atoms with E-state index in [4.69, 9.17) is 16.7 Å². The summed E-state index contributed by atoms with van der Waals surface area (Å²) in [4.78, 5) is 15.2. The zero-order chi connectivity index (χ0) is 24.8. The molecule has 0 aliphatic heterocycles. The highest BCUT2D eigenvalue weighted by atomic mass is 35.5. The second-order valence-corrected chi connectivity index (χ2v) is 10.8. The molecule has 3 aromatic rings. The van der Waals surface area contributed by atoms with Crippen molar-refractivity contribution in [3.63, 3.8) is 0 Å². The first-order valence-corrected chi connectivity index (χ1v) is 13.4. The van der Waals surface area contributed by atoms with E-state index >= 15 is 0 Å². The summed E-state index contributed by atoms with van der Waals surface area (Å²) in [7, 11) is -3.64. The molecule has 1 heterocycles. The number of fused-ring (bicyclic) bond motifs is 1. The van der Waals surface area contributed by atoms with Crippen LogP contribution < -0.4 is 4.72 Å². The molecule has 8 heteroatoms. The Bertz CT molecular complexity index is 1320. The number of rotatable bonds is 10. The smallest absolute Gasteiger partial charge is 0.303 e. The molecule has 1 aromatic heterocycles. The summed E-state index contributed by atoms with van der Waals surface area (Å²) in [6.07, 6.45) is 9.27. The van der Waals surface area contributed by atoms with Crippen LogP contribution in [-0.4, -0.2) is 30.5 Å². The number of unbranched alkanes of at least 4 members (excludes halogenated alkanes) is 2. The second-order valence-electron chi connectivity index (χ2n) is 8.66. The Kier molecular flexibility index (Phi) is 8.00. The molecule has 182 valence electrons. The number of hydrogen-bond acceptors (Lipinski definition) is 4. The van der Waals surface area contributed by atoms with Crippen LogP contribution in [0.3, 0.4) is 0 Å². The minimum absolute atomic E-state index is 0.169. The largest absolute Gasteiger partial charge is 0.481 e. The first-order chi connectivity index (χ1) is 16.8. The number of pyridine rings is 1. The van der Waals surface area contributed by atoms with E-state index in [9.17, 15) is 13.2 Å².